The van der Waals surface area contributed by atoms with Crippen LogP contribution in [0.15, 0.2) is 0 Å². The van der Waals surface area contributed by atoms with Crippen LogP contribution in [-0.2, 0) is 9.59 Å². The largest absolute Gasteiger partial charge is 0.388 e. The molecule has 0 bridgehead atoms. The number of likely N-dealkylation sites (tertiary alicyclic amines) is 1. The zero-order chi connectivity index (χ0) is 16.2. The second-order valence-electron chi connectivity index (χ2n) is 7.20. The van der Waals surface area contributed by atoms with Crippen molar-refractivity contribution in [3.63, 3.8) is 0 Å². The van der Waals surface area contributed by atoms with Crippen molar-refractivity contribution in [2.75, 3.05) is 13.1 Å². The molecule has 1 saturated carbocycles. The third-order valence-electron chi connectivity index (χ3n) is 4.96. The Kier molecular flexibility index (Phi) is 5.84. The first-order valence-electron chi connectivity index (χ1n) is 8.73. The van der Waals surface area contributed by atoms with E-state index >= 15 is 0 Å². The van der Waals surface area contributed by atoms with E-state index in [2.05, 4.69) is 5.32 Å². The van der Waals surface area contributed by atoms with Crippen LogP contribution in [0, 0.1) is 5.92 Å². The lowest BCUT2D eigenvalue weighted by atomic mass is 9.94. The molecule has 0 unspecified atom stereocenters. The summed E-state index contributed by atoms with van der Waals surface area (Å²) >= 11 is 0. The molecule has 2 aliphatic rings. The molecule has 1 heterocycles. The van der Waals surface area contributed by atoms with Crippen LogP contribution in [0.25, 0.3) is 0 Å². The van der Waals surface area contributed by atoms with Crippen LogP contribution in [0.5, 0.6) is 0 Å². The second-order valence-corrected chi connectivity index (χ2v) is 7.20. The first kappa shape index (κ1) is 17.3. The van der Waals surface area contributed by atoms with Crippen molar-refractivity contribution < 1.29 is 14.7 Å². The molecule has 0 aromatic rings. The molecule has 5 heteroatoms. The zero-order valence-corrected chi connectivity index (χ0v) is 13.9. The van der Waals surface area contributed by atoms with Gasteiger partial charge in [0.2, 0.25) is 11.8 Å². The predicted molar refractivity (Wildman–Crippen MR) is 85.2 cm³/mol. The molecule has 5 nitrogen and oxygen atoms in total. The minimum Gasteiger partial charge on any atom is -0.388 e. The minimum atomic E-state index is -0.766. The molecule has 22 heavy (non-hydrogen) atoms. The number of nitrogens with zero attached hydrogens (tertiary/aromatic N) is 1. The topological polar surface area (TPSA) is 69.6 Å². The molecule has 0 aromatic carbocycles. The van der Waals surface area contributed by atoms with Crippen molar-refractivity contribution in [1.29, 1.82) is 0 Å². The maximum atomic E-state index is 12.4. The Morgan fingerprint density at radius 1 is 1.18 bits per heavy atom. The van der Waals surface area contributed by atoms with Gasteiger partial charge in [0, 0.05) is 19.0 Å². The van der Waals surface area contributed by atoms with E-state index in [0.717, 1.165) is 51.4 Å². The fourth-order valence-corrected chi connectivity index (χ4v) is 3.57. The highest BCUT2D eigenvalue weighted by Gasteiger charge is 2.36. The Bertz CT molecular complexity index is 401. The van der Waals surface area contributed by atoms with Gasteiger partial charge in [0.1, 0.15) is 6.04 Å². The summed E-state index contributed by atoms with van der Waals surface area (Å²) < 4.78 is 0. The van der Waals surface area contributed by atoms with E-state index in [1.165, 1.54) is 0 Å². The average Bonchev–Trinajstić information content (AvgIpc) is 2.87. The predicted octanol–water partition coefficient (Wildman–Crippen LogP) is 1.83. The molecule has 0 spiro atoms. The molecule has 2 N–H and O–H groups in total. The van der Waals surface area contributed by atoms with Crippen LogP contribution in [0.3, 0.4) is 0 Å². The SMILES string of the molecule is CC(C)C(=O)N1CCC[C@@H]1C(=O)NCC1(O)CCCCCC1. The Balaban J connectivity index is 1.89. The summed E-state index contributed by atoms with van der Waals surface area (Å²) in [7, 11) is 0. The van der Waals surface area contributed by atoms with Crippen molar-refractivity contribution in [2.45, 2.75) is 76.9 Å². The fraction of sp³-hybridized carbons (Fsp3) is 0.882. The van der Waals surface area contributed by atoms with Crippen molar-refractivity contribution in [1.82, 2.24) is 10.2 Å². The van der Waals surface area contributed by atoms with Gasteiger partial charge in [0.15, 0.2) is 0 Å². The lowest BCUT2D eigenvalue weighted by Gasteiger charge is -2.30. The summed E-state index contributed by atoms with van der Waals surface area (Å²) in [6, 6.07) is -0.357. The van der Waals surface area contributed by atoms with Crippen LogP contribution in [0.1, 0.15) is 65.2 Å². The van der Waals surface area contributed by atoms with E-state index in [1.807, 2.05) is 13.8 Å². The number of rotatable bonds is 4. The van der Waals surface area contributed by atoms with Crippen molar-refractivity contribution in [3.8, 4) is 0 Å². The summed E-state index contributed by atoms with van der Waals surface area (Å²) in [6.45, 7) is 4.71. The van der Waals surface area contributed by atoms with Crippen molar-refractivity contribution in [3.05, 3.63) is 0 Å². The molecule has 2 rings (SSSR count). The van der Waals surface area contributed by atoms with E-state index in [-0.39, 0.29) is 23.8 Å². The number of nitrogens with one attached hydrogen (secondary N) is 1. The summed E-state index contributed by atoms with van der Waals surface area (Å²) in [5, 5.41) is 13.5. The monoisotopic (exact) mass is 310 g/mol. The third kappa shape index (κ3) is 4.22. The van der Waals surface area contributed by atoms with Crippen molar-refractivity contribution in [2.24, 2.45) is 5.92 Å². The van der Waals surface area contributed by atoms with Crippen LogP contribution in [0.2, 0.25) is 0 Å². The van der Waals surface area contributed by atoms with Crippen LogP contribution in [0.4, 0.5) is 0 Å². The van der Waals surface area contributed by atoms with E-state index in [0.29, 0.717) is 13.1 Å². The lowest BCUT2D eigenvalue weighted by molar-refractivity contribution is -0.141. The van der Waals surface area contributed by atoms with E-state index < -0.39 is 5.60 Å². The lowest BCUT2D eigenvalue weighted by Crippen LogP contribution is -2.51. The van der Waals surface area contributed by atoms with E-state index in [9.17, 15) is 14.7 Å². The van der Waals surface area contributed by atoms with E-state index in [1.54, 1.807) is 4.90 Å². The smallest absolute Gasteiger partial charge is 0.242 e. The molecule has 2 amide bonds. The number of carbonyl (C=O) groups excluding carboxylic acids is 2. The second kappa shape index (κ2) is 7.44. The standard InChI is InChI=1S/C17H30N2O3/c1-13(2)16(21)19-11-7-8-14(19)15(20)18-12-17(22)9-5-3-4-6-10-17/h13-14,22H,3-12H2,1-2H3,(H,18,20)/t14-/m1/s1. The average molecular weight is 310 g/mol. The van der Waals surface area contributed by atoms with Gasteiger partial charge in [-0.2, -0.15) is 0 Å². The highest BCUT2D eigenvalue weighted by Crippen LogP contribution is 2.27. The van der Waals surface area contributed by atoms with Crippen LogP contribution < -0.4 is 5.32 Å². The minimum absolute atomic E-state index is 0.0471. The normalized spacial score (nSPS) is 25.1. The van der Waals surface area contributed by atoms with Gasteiger partial charge < -0.3 is 15.3 Å². The highest BCUT2D eigenvalue weighted by molar-refractivity contribution is 5.88. The molecule has 2 fully saturated rings. The molecular weight excluding hydrogens is 280 g/mol. The molecule has 1 atom stereocenters. The van der Waals surface area contributed by atoms with Gasteiger partial charge in [-0.15, -0.1) is 0 Å². The molecule has 0 aromatic heterocycles. The molecule has 0 radical (unpaired) electrons. The van der Waals surface area contributed by atoms with Gasteiger partial charge in [0.05, 0.1) is 5.60 Å². The van der Waals surface area contributed by atoms with Gasteiger partial charge in [-0.25, -0.2) is 0 Å². The number of amides is 2. The van der Waals surface area contributed by atoms with E-state index in [4.69, 9.17) is 0 Å². The van der Waals surface area contributed by atoms with Gasteiger partial charge >= 0.3 is 0 Å². The first-order chi connectivity index (χ1) is 10.4. The first-order valence-corrected chi connectivity index (χ1v) is 8.73. The number of aliphatic hydroxyl groups is 1. The Labute approximate surface area is 133 Å². The maximum Gasteiger partial charge on any atom is 0.242 e. The van der Waals surface area contributed by atoms with Crippen molar-refractivity contribution >= 4 is 11.8 Å². The van der Waals surface area contributed by atoms with Gasteiger partial charge in [-0.1, -0.05) is 39.5 Å². The van der Waals surface area contributed by atoms with Gasteiger partial charge in [-0.05, 0) is 25.7 Å². The Morgan fingerprint density at radius 3 is 2.41 bits per heavy atom. The third-order valence-corrected chi connectivity index (χ3v) is 4.96. The molecular formula is C17H30N2O3. The molecule has 1 saturated heterocycles. The van der Waals surface area contributed by atoms with Gasteiger partial charge in [-0.3, -0.25) is 9.59 Å². The summed E-state index contributed by atoms with van der Waals surface area (Å²) in [6.07, 6.45) is 7.48. The Hall–Kier alpha value is -1.10. The van der Waals surface area contributed by atoms with Crippen LogP contribution in [-0.4, -0.2) is 46.6 Å². The summed E-state index contributed by atoms with van der Waals surface area (Å²) in [4.78, 5) is 26.3. The Morgan fingerprint density at radius 2 is 1.82 bits per heavy atom. The quantitative estimate of drug-likeness (QED) is 0.778. The van der Waals surface area contributed by atoms with Crippen LogP contribution >= 0.6 is 0 Å². The highest BCUT2D eigenvalue weighted by atomic mass is 16.3. The van der Waals surface area contributed by atoms with Gasteiger partial charge in [0.25, 0.3) is 0 Å². The molecule has 1 aliphatic carbocycles. The molecule has 126 valence electrons. The maximum absolute atomic E-state index is 12.4. The molecule has 1 aliphatic heterocycles. The summed E-state index contributed by atoms with van der Waals surface area (Å²) in [5.74, 6) is -0.144. The number of hydrogen-bond donors (Lipinski definition) is 2. The number of hydrogen-bond acceptors (Lipinski definition) is 3. The zero-order valence-electron chi connectivity index (χ0n) is 13.9. The fourth-order valence-electron chi connectivity index (χ4n) is 3.57. The summed E-state index contributed by atoms with van der Waals surface area (Å²) in [5.41, 5.74) is -0.766. The number of carbonyl (C=O) groups is 2.